The Bertz CT molecular complexity index is 1490. The molecule has 5 rings (SSSR count). The van der Waals surface area contributed by atoms with E-state index in [-0.39, 0.29) is 28.7 Å². The van der Waals surface area contributed by atoms with Crippen LogP contribution in [0.3, 0.4) is 0 Å². The monoisotopic (exact) mass is 412 g/mol. The summed E-state index contributed by atoms with van der Waals surface area (Å²) in [4.78, 5) is 24.9. The van der Waals surface area contributed by atoms with Crippen LogP contribution in [0.5, 0.6) is 5.75 Å². The second-order valence-electron chi connectivity index (χ2n) is 7.16. The fourth-order valence-electron chi connectivity index (χ4n) is 3.88. The van der Waals surface area contributed by atoms with Gasteiger partial charge in [0.25, 0.3) is 0 Å². The normalized spacial score (nSPS) is 11.2. The number of phenols is 1. The molecule has 0 aliphatic carbocycles. The molecule has 0 bridgehead atoms. The Balaban J connectivity index is 1.88. The van der Waals surface area contributed by atoms with Gasteiger partial charge in [-0.3, -0.25) is 9.59 Å². The number of hydrogen-bond acceptors (Lipinski definition) is 5. The minimum atomic E-state index is -1.05. The van der Waals surface area contributed by atoms with E-state index in [1.54, 1.807) is 36.4 Å². The molecule has 5 aromatic rings. The zero-order valence-corrected chi connectivity index (χ0v) is 16.2. The first-order valence-electron chi connectivity index (χ1n) is 9.60. The highest BCUT2D eigenvalue weighted by Gasteiger charge is 2.25. The number of hydrogen-bond donors (Lipinski definition) is 2. The molecule has 3 aromatic carbocycles. The lowest BCUT2D eigenvalue weighted by Crippen LogP contribution is -2.06. The van der Waals surface area contributed by atoms with Gasteiger partial charge < -0.3 is 19.0 Å². The van der Waals surface area contributed by atoms with Gasteiger partial charge in [-0.15, -0.1) is 0 Å². The van der Waals surface area contributed by atoms with E-state index in [0.29, 0.717) is 33.4 Å². The summed E-state index contributed by atoms with van der Waals surface area (Å²) in [7, 11) is 0. The highest BCUT2D eigenvalue weighted by Crippen LogP contribution is 2.41. The van der Waals surface area contributed by atoms with Gasteiger partial charge in [0, 0.05) is 17.2 Å². The number of carboxylic acids is 1. The van der Waals surface area contributed by atoms with Crippen LogP contribution in [0, 0.1) is 0 Å². The SMILES string of the molecule is O=C(O)Cc1c(-c2ccccc2)oc2cc(O)c3c(=O)c(-c4ccccc4)coc3c12. The number of carbonyl (C=O) groups is 1. The largest absolute Gasteiger partial charge is 0.507 e. The lowest BCUT2D eigenvalue weighted by atomic mass is 9.99. The average Bonchev–Trinajstić information content (AvgIpc) is 3.12. The molecule has 0 aliphatic heterocycles. The van der Waals surface area contributed by atoms with Crippen LogP contribution in [0.2, 0.25) is 0 Å². The first kappa shape index (κ1) is 18.7. The topological polar surface area (TPSA) is 101 Å². The molecule has 31 heavy (non-hydrogen) atoms. The Kier molecular flexibility index (Phi) is 4.33. The molecule has 0 atom stereocenters. The van der Waals surface area contributed by atoms with Crippen molar-refractivity contribution in [2.75, 3.05) is 0 Å². The van der Waals surface area contributed by atoms with Crippen LogP contribution < -0.4 is 5.43 Å². The summed E-state index contributed by atoms with van der Waals surface area (Å²) in [6.45, 7) is 0. The zero-order valence-electron chi connectivity index (χ0n) is 16.2. The molecule has 0 saturated heterocycles. The van der Waals surface area contributed by atoms with Crippen LogP contribution in [0.25, 0.3) is 44.4 Å². The summed E-state index contributed by atoms with van der Waals surface area (Å²) in [5.74, 6) is -0.978. The number of fused-ring (bicyclic) bond motifs is 3. The van der Waals surface area contributed by atoms with E-state index in [0.717, 1.165) is 0 Å². The van der Waals surface area contributed by atoms with Crippen molar-refractivity contribution >= 4 is 27.9 Å². The molecule has 0 amide bonds. The molecule has 2 aromatic heterocycles. The second-order valence-corrected chi connectivity index (χ2v) is 7.16. The van der Waals surface area contributed by atoms with Gasteiger partial charge in [-0.05, 0) is 5.56 Å². The molecular weight excluding hydrogens is 396 g/mol. The van der Waals surface area contributed by atoms with Crippen molar-refractivity contribution in [3.05, 3.63) is 88.8 Å². The standard InChI is InChI=1S/C25H16O6/c26-18-12-19-21(16(11-20(27)28)24(31-19)15-9-5-2-6-10-15)25-22(18)23(29)17(13-30-25)14-7-3-1-4-8-14/h1-10,12-13,26H,11H2,(H,27,28). The van der Waals surface area contributed by atoms with Crippen LogP contribution in [0.15, 0.2) is 86.6 Å². The Morgan fingerprint density at radius 2 is 1.55 bits per heavy atom. The number of phenolic OH excluding ortho intramolecular Hbond substituents is 1. The van der Waals surface area contributed by atoms with Gasteiger partial charge in [-0.2, -0.15) is 0 Å². The predicted octanol–water partition coefficient (Wildman–Crippen LogP) is 5.21. The van der Waals surface area contributed by atoms with Gasteiger partial charge in [0.05, 0.1) is 17.4 Å². The molecule has 0 fully saturated rings. The number of carboxylic acid groups (broad SMARTS) is 1. The summed E-state index contributed by atoms with van der Waals surface area (Å²) < 4.78 is 11.8. The van der Waals surface area contributed by atoms with E-state index in [1.165, 1.54) is 12.3 Å². The number of aliphatic carboxylic acids is 1. The van der Waals surface area contributed by atoms with Crippen molar-refractivity contribution < 1.29 is 23.8 Å². The van der Waals surface area contributed by atoms with Gasteiger partial charge in [-0.25, -0.2) is 0 Å². The first-order chi connectivity index (χ1) is 15.0. The van der Waals surface area contributed by atoms with E-state index in [2.05, 4.69) is 0 Å². The van der Waals surface area contributed by atoms with Crippen LogP contribution >= 0.6 is 0 Å². The summed E-state index contributed by atoms with van der Waals surface area (Å²) in [5.41, 5.74) is 1.96. The smallest absolute Gasteiger partial charge is 0.307 e. The van der Waals surface area contributed by atoms with E-state index in [4.69, 9.17) is 8.83 Å². The molecular formula is C25H16O6. The average molecular weight is 412 g/mol. The summed E-state index contributed by atoms with van der Waals surface area (Å²) in [6, 6.07) is 19.4. The van der Waals surface area contributed by atoms with Crippen molar-refractivity contribution in [2.24, 2.45) is 0 Å². The first-order valence-corrected chi connectivity index (χ1v) is 9.60. The minimum Gasteiger partial charge on any atom is -0.507 e. The Morgan fingerprint density at radius 1 is 0.903 bits per heavy atom. The number of benzene rings is 3. The van der Waals surface area contributed by atoms with Gasteiger partial charge in [0.1, 0.15) is 28.7 Å². The van der Waals surface area contributed by atoms with Crippen LogP contribution in [-0.4, -0.2) is 16.2 Å². The molecule has 6 heteroatoms. The Morgan fingerprint density at radius 3 is 2.19 bits per heavy atom. The summed E-state index contributed by atoms with van der Waals surface area (Å²) >= 11 is 0. The minimum absolute atomic E-state index is 0.0131. The second kappa shape index (κ2) is 7.18. The maximum absolute atomic E-state index is 13.2. The molecule has 0 aliphatic rings. The van der Waals surface area contributed by atoms with Gasteiger partial charge in [0.2, 0.25) is 5.43 Å². The molecule has 2 heterocycles. The van der Waals surface area contributed by atoms with Gasteiger partial charge in [0.15, 0.2) is 5.58 Å². The van der Waals surface area contributed by atoms with Gasteiger partial charge in [-0.1, -0.05) is 60.7 Å². The third-order valence-corrected chi connectivity index (χ3v) is 5.23. The maximum Gasteiger partial charge on any atom is 0.307 e. The van der Waals surface area contributed by atoms with Crippen molar-refractivity contribution in [3.8, 4) is 28.2 Å². The highest BCUT2D eigenvalue weighted by atomic mass is 16.4. The molecule has 0 unspecified atom stereocenters. The van der Waals surface area contributed by atoms with Crippen molar-refractivity contribution in [3.63, 3.8) is 0 Å². The predicted molar refractivity (Wildman–Crippen MR) is 116 cm³/mol. The summed E-state index contributed by atoms with van der Waals surface area (Å²) in [5, 5.41) is 20.5. The van der Waals surface area contributed by atoms with Crippen LogP contribution in [0.1, 0.15) is 5.56 Å². The summed E-state index contributed by atoms with van der Waals surface area (Å²) in [6.07, 6.45) is 1.000. The van der Waals surface area contributed by atoms with Crippen LogP contribution in [-0.2, 0) is 11.2 Å². The molecule has 0 saturated carbocycles. The lowest BCUT2D eigenvalue weighted by Gasteiger charge is -2.06. The van der Waals surface area contributed by atoms with E-state index in [1.807, 2.05) is 24.3 Å². The van der Waals surface area contributed by atoms with E-state index >= 15 is 0 Å². The van der Waals surface area contributed by atoms with Gasteiger partial charge >= 0.3 is 5.97 Å². The lowest BCUT2D eigenvalue weighted by molar-refractivity contribution is -0.136. The quantitative estimate of drug-likeness (QED) is 0.420. The third kappa shape index (κ3) is 3.05. The Labute approximate surface area is 175 Å². The Hall–Kier alpha value is -4.32. The van der Waals surface area contributed by atoms with Crippen molar-refractivity contribution in [2.45, 2.75) is 6.42 Å². The number of aromatic hydroxyl groups is 1. The van der Waals surface area contributed by atoms with Crippen LogP contribution in [0.4, 0.5) is 0 Å². The highest BCUT2D eigenvalue weighted by molar-refractivity contribution is 6.10. The fourth-order valence-corrected chi connectivity index (χ4v) is 3.88. The molecule has 6 nitrogen and oxygen atoms in total. The molecule has 2 N–H and O–H groups in total. The third-order valence-electron chi connectivity index (χ3n) is 5.23. The number of furan rings is 1. The molecule has 152 valence electrons. The molecule has 0 spiro atoms. The van der Waals surface area contributed by atoms with Crippen molar-refractivity contribution in [1.82, 2.24) is 0 Å². The van der Waals surface area contributed by atoms with E-state index < -0.39 is 11.4 Å². The zero-order chi connectivity index (χ0) is 21.5. The molecule has 0 radical (unpaired) electrons. The fraction of sp³-hybridized carbons (Fsp3) is 0.0400. The van der Waals surface area contributed by atoms with E-state index in [9.17, 15) is 19.8 Å². The number of rotatable bonds is 4. The van der Waals surface area contributed by atoms with Crippen molar-refractivity contribution in [1.29, 1.82) is 0 Å². The maximum atomic E-state index is 13.2.